The molecule has 0 radical (unpaired) electrons. The lowest BCUT2D eigenvalue weighted by Gasteiger charge is -2.09. The largest absolute Gasteiger partial charge is 0.464 e. The Balaban J connectivity index is 1.90. The zero-order chi connectivity index (χ0) is 18.0. The number of imidazole rings is 1. The normalized spacial score (nSPS) is 10.7. The van der Waals surface area contributed by atoms with Crippen molar-refractivity contribution in [3.05, 3.63) is 39.7 Å². The number of pyridine rings is 1. The lowest BCUT2D eigenvalue weighted by Crippen LogP contribution is -2.07. The lowest BCUT2D eigenvalue weighted by atomic mass is 10.4. The molecule has 3 heterocycles. The van der Waals surface area contributed by atoms with Crippen molar-refractivity contribution >= 4 is 55.9 Å². The van der Waals surface area contributed by atoms with Gasteiger partial charge in [0.1, 0.15) is 11.5 Å². The van der Waals surface area contributed by atoms with Gasteiger partial charge in [-0.1, -0.05) is 0 Å². The molecule has 0 aliphatic carbocycles. The Kier molecular flexibility index (Phi) is 5.40. The van der Waals surface area contributed by atoms with E-state index in [1.807, 2.05) is 18.4 Å². The van der Waals surface area contributed by atoms with Gasteiger partial charge in [-0.05, 0) is 40.7 Å². The smallest absolute Gasteiger partial charge is 0.356 e. The Morgan fingerprint density at radius 1 is 1.40 bits per heavy atom. The van der Waals surface area contributed by atoms with E-state index >= 15 is 0 Å². The SMILES string of the molecule is COC(=O)c1cnc(Sc2cc(Br)cnc2Nc2nc(C)cs2)n1C. The van der Waals surface area contributed by atoms with Crippen molar-refractivity contribution in [3.63, 3.8) is 0 Å². The van der Waals surface area contributed by atoms with Gasteiger partial charge in [0.2, 0.25) is 0 Å². The predicted octanol–water partition coefficient (Wildman–Crippen LogP) is 4.02. The van der Waals surface area contributed by atoms with Crippen LogP contribution in [0.25, 0.3) is 0 Å². The quantitative estimate of drug-likeness (QED) is 0.600. The minimum absolute atomic E-state index is 0.387. The van der Waals surface area contributed by atoms with Crippen LogP contribution in [-0.4, -0.2) is 32.6 Å². The first-order chi connectivity index (χ1) is 12.0. The molecule has 0 aromatic carbocycles. The van der Waals surface area contributed by atoms with Gasteiger partial charge in [-0.2, -0.15) is 0 Å². The number of carbonyl (C=O) groups excluding carboxylic acids is 1. The van der Waals surface area contributed by atoms with Gasteiger partial charge < -0.3 is 14.6 Å². The first kappa shape index (κ1) is 17.9. The first-order valence-electron chi connectivity index (χ1n) is 7.10. The molecular weight excluding hydrogens is 426 g/mol. The van der Waals surface area contributed by atoms with Crippen LogP contribution in [0.1, 0.15) is 16.2 Å². The molecule has 0 amide bonds. The fourth-order valence-electron chi connectivity index (χ4n) is 1.99. The van der Waals surface area contributed by atoms with Crippen LogP contribution in [-0.2, 0) is 11.8 Å². The highest BCUT2D eigenvalue weighted by Crippen LogP contribution is 2.35. The molecule has 0 aliphatic heterocycles. The number of ether oxygens (including phenoxy) is 1. The molecule has 130 valence electrons. The van der Waals surface area contributed by atoms with Crippen molar-refractivity contribution in [2.45, 2.75) is 17.0 Å². The lowest BCUT2D eigenvalue weighted by molar-refractivity contribution is 0.0589. The Labute approximate surface area is 161 Å². The maximum Gasteiger partial charge on any atom is 0.356 e. The second kappa shape index (κ2) is 7.54. The molecule has 0 bridgehead atoms. The number of esters is 1. The minimum atomic E-state index is -0.425. The summed E-state index contributed by atoms with van der Waals surface area (Å²) in [6, 6.07) is 1.94. The Morgan fingerprint density at radius 3 is 2.88 bits per heavy atom. The second-order valence-electron chi connectivity index (χ2n) is 5.00. The van der Waals surface area contributed by atoms with Crippen molar-refractivity contribution in [1.82, 2.24) is 19.5 Å². The summed E-state index contributed by atoms with van der Waals surface area (Å²) in [4.78, 5) is 25.7. The molecule has 10 heteroatoms. The van der Waals surface area contributed by atoms with Crippen LogP contribution in [0.3, 0.4) is 0 Å². The number of aryl methyl sites for hydroxylation is 1. The van der Waals surface area contributed by atoms with Gasteiger partial charge in [0.25, 0.3) is 0 Å². The molecule has 3 rings (SSSR count). The molecule has 0 saturated carbocycles. The first-order valence-corrected chi connectivity index (χ1v) is 9.59. The van der Waals surface area contributed by atoms with E-state index < -0.39 is 5.97 Å². The fraction of sp³-hybridized carbons (Fsp3) is 0.200. The van der Waals surface area contributed by atoms with E-state index in [2.05, 4.69) is 36.2 Å². The van der Waals surface area contributed by atoms with Crippen LogP contribution in [0.4, 0.5) is 10.9 Å². The summed E-state index contributed by atoms with van der Waals surface area (Å²) in [5.41, 5.74) is 1.34. The molecule has 0 unspecified atom stereocenters. The van der Waals surface area contributed by atoms with E-state index in [4.69, 9.17) is 4.74 Å². The number of thiazole rings is 1. The monoisotopic (exact) mass is 439 g/mol. The van der Waals surface area contributed by atoms with E-state index in [-0.39, 0.29) is 0 Å². The van der Waals surface area contributed by atoms with Crippen LogP contribution in [0.5, 0.6) is 0 Å². The molecule has 25 heavy (non-hydrogen) atoms. The summed E-state index contributed by atoms with van der Waals surface area (Å²) in [6.07, 6.45) is 3.21. The number of anilines is 2. The number of hydrogen-bond donors (Lipinski definition) is 1. The van der Waals surface area contributed by atoms with E-state index in [9.17, 15) is 4.79 Å². The van der Waals surface area contributed by atoms with E-state index in [1.54, 1.807) is 17.8 Å². The zero-order valence-electron chi connectivity index (χ0n) is 13.6. The van der Waals surface area contributed by atoms with Crippen molar-refractivity contribution < 1.29 is 9.53 Å². The average Bonchev–Trinajstić information content (AvgIpc) is 3.16. The number of aromatic nitrogens is 4. The molecule has 0 aliphatic rings. The van der Waals surface area contributed by atoms with Crippen molar-refractivity contribution in [2.75, 3.05) is 12.4 Å². The minimum Gasteiger partial charge on any atom is -0.464 e. The molecule has 0 saturated heterocycles. The van der Waals surface area contributed by atoms with Gasteiger partial charge in [0, 0.05) is 23.1 Å². The summed E-state index contributed by atoms with van der Waals surface area (Å²) >= 11 is 6.35. The third-order valence-corrected chi connectivity index (χ3v) is 5.61. The van der Waals surface area contributed by atoms with Crippen molar-refractivity contribution in [2.24, 2.45) is 7.05 Å². The third-order valence-electron chi connectivity index (χ3n) is 3.21. The summed E-state index contributed by atoms with van der Waals surface area (Å²) in [5.74, 6) is 0.246. The zero-order valence-corrected chi connectivity index (χ0v) is 16.8. The highest BCUT2D eigenvalue weighted by atomic mass is 79.9. The maximum absolute atomic E-state index is 11.7. The molecule has 3 aromatic rings. The molecule has 0 fully saturated rings. The van der Waals surface area contributed by atoms with E-state index in [0.29, 0.717) is 16.7 Å². The summed E-state index contributed by atoms with van der Waals surface area (Å²) < 4.78 is 7.29. The number of carbonyl (C=O) groups is 1. The van der Waals surface area contributed by atoms with Crippen LogP contribution in [0.2, 0.25) is 0 Å². The summed E-state index contributed by atoms with van der Waals surface area (Å²) in [6.45, 7) is 1.94. The number of halogens is 1. The van der Waals surface area contributed by atoms with Crippen molar-refractivity contribution in [1.29, 1.82) is 0 Å². The fourth-order valence-corrected chi connectivity index (χ4v) is 4.08. The Hall–Kier alpha value is -1.91. The standard InChI is InChI=1S/C15H14BrN5O2S2/c1-8-7-24-14(19-8)20-12-11(4-9(16)5-17-12)25-15-18-6-10(21(15)2)13(22)23-3/h4-7H,1-3H3,(H,17,19,20). The van der Waals surface area contributed by atoms with Gasteiger partial charge in [0.05, 0.1) is 23.9 Å². The summed E-state index contributed by atoms with van der Waals surface area (Å²) in [5, 5.41) is 6.61. The number of nitrogens with zero attached hydrogens (tertiary/aromatic N) is 4. The number of nitrogens with one attached hydrogen (secondary N) is 1. The predicted molar refractivity (Wildman–Crippen MR) is 101 cm³/mol. The Bertz CT molecular complexity index is 925. The number of hydrogen-bond acceptors (Lipinski definition) is 8. The van der Waals surface area contributed by atoms with Gasteiger partial charge in [-0.25, -0.2) is 19.7 Å². The van der Waals surface area contributed by atoms with Crippen molar-refractivity contribution in [3.8, 4) is 0 Å². The molecule has 0 spiro atoms. The highest BCUT2D eigenvalue weighted by molar-refractivity contribution is 9.10. The van der Waals surface area contributed by atoms with Gasteiger partial charge in [-0.3, -0.25) is 0 Å². The third kappa shape index (κ3) is 4.02. The molecule has 0 atom stereocenters. The van der Waals surface area contributed by atoms with Gasteiger partial charge in [0.15, 0.2) is 10.3 Å². The number of rotatable bonds is 5. The summed E-state index contributed by atoms with van der Waals surface area (Å²) in [7, 11) is 3.11. The van der Waals surface area contributed by atoms with Crippen LogP contribution in [0, 0.1) is 6.92 Å². The van der Waals surface area contributed by atoms with E-state index in [1.165, 1.54) is 36.4 Å². The molecule has 7 nitrogen and oxygen atoms in total. The topological polar surface area (TPSA) is 81.9 Å². The van der Waals surface area contributed by atoms with Gasteiger partial charge in [-0.15, -0.1) is 11.3 Å². The van der Waals surface area contributed by atoms with Gasteiger partial charge >= 0.3 is 5.97 Å². The van der Waals surface area contributed by atoms with Crippen LogP contribution < -0.4 is 5.32 Å². The van der Waals surface area contributed by atoms with Crippen LogP contribution >= 0.6 is 39.0 Å². The molecule has 1 N–H and O–H groups in total. The average molecular weight is 440 g/mol. The highest BCUT2D eigenvalue weighted by Gasteiger charge is 2.17. The number of methoxy groups -OCH3 is 1. The van der Waals surface area contributed by atoms with E-state index in [0.717, 1.165) is 20.2 Å². The second-order valence-corrected chi connectivity index (χ2v) is 7.78. The molecule has 3 aromatic heterocycles. The molecular formula is C15H14BrN5O2S2. The van der Waals surface area contributed by atoms with Crippen LogP contribution in [0.15, 0.2) is 38.4 Å². The Morgan fingerprint density at radius 2 is 2.20 bits per heavy atom. The maximum atomic E-state index is 11.7.